The Morgan fingerprint density at radius 3 is 2.00 bits per heavy atom. The van der Waals surface area contributed by atoms with Crippen LogP contribution in [0.1, 0.15) is 116 Å². The normalized spacial score (nSPS) is 13.5. The molecule has 44 heavy (non-hydrogen) atoms. The van der Waals surface area contributed by atoms with Gasteiger partial charge in [0.15, 0.2) is 0 Å². The van der Waals surface area contributed by atoms with Crippen LogP contribution in [0.25, 0.3) is 11.1 Å². The molecule has 2 rings (SSSR count). The molecule has 0 saturated heterocycles. The number of rotatable bonds is 15. The summed E-state index contributed by atoms with van der Waals surface area (Å²) in [6.45, 7) is 25.5. The largest absolute Gasteiger partial charge is 0.309 e. The standard InChI is InChI=1S/C35H49NP2.2C2H6.C2H2/c1-8-13-24-38(36)26-30-20-14-15-21-31(30)27(6)29(18-9-2)25-35(37-7)34-23-17-16-22-33(34)32(19-10-3)28(11-4)12-5;3*1-2/h9-11,14-23,35,37H,4,8,12-13,24-26,36H2,1-3,5-7H3;2*1-2H3;1-2H/b18-9-,19-10-,29-27-,32-28-;;;. The van der Waals surface area contributed by atoms with Gasteiger partial charge >= 0.3 is 0 Å². The lowest BCUT2D eigenvalue weighted by molar-refractivity contribution is 0.889. The topological polar surface area (TPSA) is 26.0 Å². The third-order valence-electron chi connectivity index (χ3n) is 7.15. The van der Waals surface area contributed by atoms with Gasteiger partial charge in [0.25, 0.3) is 0 Å². The third kappa shape index (κ3) is 14.5. The molecule has 0 radical (unpaired) electrons. The van der Waals surface area contributed by atoms with E-state index < -0.39 is 8.07 Å². The summed E-state index contributed by atoms with van der Waals surface area (Å²) in [6.07, 6.45) is 25.5. The first kappa shape index (κ1) is 43.6. The summed E-state index contributed by atoms with van der Waals surface area (Å²) < 4.78 is 0. The van der Waals surface area contributed by atoms with Crippen molar-refractivity contribution in [1.29, 1.82) is 0 Å². The highest BCUT2D eigenvalue weighted by Crippen LogP contribution is 2.44. The second-order valence-corrected chi connectivity index (χ2v) is 13.0. The van der Waals surface area contributed by atoms with Gasteiger partial charge in [-0.15, -0.1) is 21.4 Å². The molecule has 2 aromatic rings. The average molecular weight is 632 g/mol. The zero-order valence-corrected chi connectivity index (χ0v) is 31.6. The van der Waals surface area contributed by atoms with E-state index in [4.69, 9.17) is 5.50 Å². The molecule has 0 saturated carbocycles. The number of unbranched alkanes of at least 4 members (excludes halogenated alkanes) is 1. The van der Waals surface area contributed by atoms with E-state index in [0.717, 1.165) is 33.7 Å². The van der Waals surface area contributed by atoms with Crippen molar-refractivity contribution in [2.45, 2.75) is 99.8 Å². The van der Waals surface area contributed by atoms with E-state index in [9.17, 15) is 0 Å². The van der Waals surface area contributed by atoms with Crippen molar-refractivity contribution in [3.63, 3.8) is 0 Å². The number of benzene rings is 2. The molecule has 0 aliphatic heterocycles. The maximum atomic E-state index is 6.61. The second-order valence-electron chi connectivity index (χ2n) is 9.76. The van der Waals surface area contributed by atoms with E-state index in [1.54, 1.807) is 0 Å². The van der Waals surface area contributed by atoms with Gasteiger partial charge in [0.05, 0.1) is 0 Å². The maximum Gasteiger partial charge on any atom is 0.00620 e. The van der Waals surface area contributed by atoms with Crippen molar-refractivity contribution in [3.8, 4) is 12.8 Å². The molecule has 0 spiro atoms. The summed E-state index contributed by atoms with van der Waals surface area (Å²) in [5, 5.41) is 0. The molecule has 0 amide bonds. The van der Waals surface area contributed by atoms with Gasteiger partial charge in [-0.05, 0) is 105 Å². The lowest BCUT2D eigenvalue weighted by Gasteiger charge is -2.23. The smallest absolute Gasteiger partial charge is 0.00620 e. The number of allylic oxidation sites excluding steroid dienone is 9. The Hall–Kier alpha value is -2.48. The quantitative estimate of drug-likeness (QED) is 0.118. The third-order valence-corrected chi connectivity index (χ3v) is 10.00. The number of hydrogen-bond acceptors (Lipinski definition) is 1. The van der Waals surface area contributed by atoms with Gasteiger partial charge < -0.3 is 5.50 Å². The summed E-state index contributed by atoms with van der Waals surface area (Å²) in [5.41, 5.74) is 18.0. The molecular formula is C41H63NP2. The predicted octanol–water partition coefficient (Wildman–Crippen LogP) is 13.4. The summed E-state index contributed by atoms with van der Waals surface area (Å²) in [7, 11) is 0.325. The maximum absolute atomic E-state index is 6.61. The molecule has 3 unspecified atom stereocenters. The minimum atomic E-state index is -0.471. The number of nitrogens with two attached hydrogens (primary N) is 1. The molecule has 242 valence electrons. The molecule has 3 heteroatoms. The van der Waals surface area contributed by atoms with Crippen LogP contribution in [0.5, 0.6) is 0 Å². The van der Waals surface area contributed by atoms with Crippen LogP contribution in [0.2, 0.25) is 0 Å². The fourth-order valence-corrected chi connectivity index (χ4v) is 7.60. The highest BCUT2D eigenvalue weighted by molar-refractivity contribution is 7.54. The number of hydrogen-bond donors (Lipinski definition) is 1. The van der Waals surface area contributed by atoms with Crippen LogP contribution in [0.4, 0.5) is 0 Å². The second kappa shape index (κ2) is 28.0. The number of terminal acetylenes is 1. The molecule has 0 aromatic heterocycles. The van der Waals surface area contributed by atoms with E-state index in [-0.39, 0.29) is 0 Å². The molecule has 0 aliphatic carbocycles. The lowest BCUT2D eigenvalue weighted by Crippen LogP contribution is -2.03. The Balaban J connectivity index is 0. The highest BCUT2D eigenvalue weighted by Gasteiger charge is 2.19. The summed E-state index contributed by atoms with van der Waals surface area (Å²) in [6, 6.07) is 17.9. The first-order valence-corrected chi connectivity index (χ1v) is 19.8. The van der Waals surface area contributed by atoms with Crippen LogP contribution in [-0.2, 0) is 6.16 Å². The van der Waals surface area contributed by atoms with Crippen LogP contribution in [0.3, 0.4) is 0 Å². The summed E-state index contributed by atoms with van der Waals surface area (Å²) >= 11 is 0. The van der Waals surface area contributed by atoms with E-state index in [1.165, 1.54) is 57.4 Å². The molecule has 0 aliphatic rings. The minimum Gasteiger partial charge on any atom is -0.309 e. The van der Waals surface area contributed by atoms with Gasteiger partial charge in [-0.25, -0.2) is 0 Å². The monoisotopic (exact) mass is 631 g/mol. The fraction of sp³-hybridized carbons (Fsp3) is 0.415. The fourth-order valence-electron chi connectivity index (χ4n) is 5.02. The lowest BCUT2D eigenvalue weighted by atomic mass is 9.89. The van der Waals surface area contributed by atoms with Gasteiger partial charge in [0.1, 0.15) is 0 Å². The predicted molar refractivity (Wildman–Crippen MR) is 211 cm³/mol. The Morgan fingerprint density at radius 2 is 1.48 bits per heavy atom. The van der Waals surface area contributed by atoms with Crippen molar-refractivity contribution >= 4 is 27.8 Å². The molecule has 3 atom stereocenters. The van der Waals surface area contributed by atoms with Gasteiger partial charge in [-0.3, -0.25) is 0 Å². The Morgan fingerprint density at radius 1 is 0.909 bits per heavy atom. The molecule has 2 aromatic carbocycles. The minimum absolute atomic E-state index is 0.443. The van der Waals surface area contributed by atoms with Gasteiger partial charge in [-0.1, -0.05) is 133 Å². The van der Waals surface area contributed by atoms with Crippen LogP contribution in [-0.4, -0.2) is 12.8 Å². The molecule has 0 bridgehead atoms. The Bertz CT molecular complexity index is 1200. The molecular weight excluding hydrogens is 568 g/mol. The first-order valence-electron chi connectivity index (χ1n) is 16.4. The van der Waals surface area contributed by atoms with E-state index >= 15 is 0 Å². The zero-order chi connectivity index (χ0) is 33.9. The van der Waals surface area contributed by atoms with Crippen molar-refractivity contribution in [1.82, 2.24) is 0 Å². The van der Waals surface area contributed by atoms with Gasteiger partial charge in [0.2, 0.25) is 0 Å². The van der Waals surface area contributed by atoms with Crippen LogP contribution >= 0.6 is 16.7 Å². The van der Waals surface area contributed by atoms with Crippen LogP contribution in [0, 0.1) is 12.8 Å². The average Bonchev–Trinajstić information content (AvgIpc) is 3.08. The molecule has 1 nitrogen and oxygen atoms in total. The van der Waals surface area contributed by atoms with E-state index in [2.05, 4.69) is 134 Å². The SMILES string of the molecule is C#C.C=C/C(CC)=C(\C=C/C)c1ccccc1C(CC(/C=C\C)=C(/C)c1ccccc1CP(N)CCCC)PC.CC.CC. The van der Waals surface area contributed by atoms with E-state index in [1.807, 2.05) is 33.8 Å². The van der Waals surface area contributed by atoms with Crippen LogP contribution in [0.15, 0.2) is 96.6 Å². The first-order chi connectivity index (χ1) is 21.4. The molecule has 0 heterocycles. The molecule has 2 N–H and O–H groups in total. The van der Waals surface area contributed by atoms with Gasteiger partial charge in [0, 0.05) is 11.8 Å². The van der Waals surface area contributed by atoms with Crippen molar-refractivity contribution in [2.24, 2.45) is 5.50 Å². The van der Waals surface area contributed by atoms with Crippen molar-refractivity contribution < 1.29 is 0 Å². The highest BCUT2D eigenvalue weighted by atomic mass is 31.1. The zero-order valence-electron chi connectivity index (χ0n) is 29.7. The van der Waals surface area contributed by atoms with Crippen molar-refractivity contribution in [3.05, 3.63) is 119 Å². The van der Waals surface area contributed by atoms with Gasteiger partial charge in [-0.2, -0.15) is 0 Å². The van der Waals surface area contributed by atoms with Crippen LogP contribution < -0.4 is 5.50 Å². The summed E-state index contributed by atoms with van der Waals surface area (Å²) in [5.74, 6) is 0. The van der Waals surface area contributed by atoms with Crippen molar-refractivity contribution in [2.75, 3.05) is 12.8 Å². The Labute approximate surface area is 276 Å². The molecule has 0 fully saturated rings. The Kier molecular flexibility index (Phi) is 27.8. The van der Waals surface area contributed by atoms with E-state index in [0.29, 0.717) is 5.66 Å². The summed E-state index contributed by atoms with van der Waals surface area (Å²) in [4.78, 5) is 0.